The maximum Gasteiger partial charge on any atom is 0.208 e. The molecule has 27 heavy (non-hydrogen) atoms. The molecule has 1 aromatic carbocycles. The fourth-order valence-electron chi connectivity index (χ4n) is 2.91. The second kappa shape index (κ2) is 8.87. The van der Waals surface area contributed by atoms with Gasteiger partial charge in [0.05, 0.1) is 6.54 Å². The van der Waals surface area contributed by atoms with Crippen molar-refractivity contribution in [2.45, 2.75) is 45.6 Å². The Bertz CT molecular complexity index is 1020. The summed E-state index contributed by atoms with van der Waals surface area (Å²) < 4.78 is 1.88. The average molecular weight is 357 g/mol. The first-order valence-electron chi connectivity index (χ1n) is 9.26. The monoisotopic (exact) mass is 357 g/mol. The molecule has 0 aliphatic rings. The minimum Gasteiger partial charge on any atom is -0.382 e. The molecule has 2 N–H and O–H groups in total. The van der Waals surface area contributed by atoms with Crippen LogP contribution in [0.1, 0.15) is 44.9 Å². The highest BCUT2D eigenvalue weighted by Gasteiger charge is 2.16. The zero-order valence-electron chi connectivity index (χ0n) is 15.6. The normalized spacial score (nSPS) is 10.4. The topological polar surface area (TPSA) is 69.6 Å². The van der Waals surface area contributed by atoms with Crippen LogP contribution in [0.2, 0.25) is 0 Å². The van der Waals surface area contributed by atoms with Gasteiger partial charge in [-0.3, -0.25) is 4.57 Å². The third kappa shape index (κ3) is 4.27. The van der Waals surface area contributed by atoms with Crippen LogP contribution in [-0.2, 0) is 6.54 Å². The number of rotatable bonds is 6. The summed E-state index contributed by atoms with van der Waals surface area (Å²) in [5, 5.41) is 0. The van der Waals surface area contributed by atoms with Crippen molar-refractivity contribution in [1.29, 1.82) is 0 Å². The van der Waals surface area contributed by atoms with Gasteiger partial charge in [0, 0.05) is 12.0 Å². The molecule has 0 saturated carbocycles. The molecule has 0 saturated heterocycles. The highest BCUT2D eigenvalue weighted by atomic mass is 15.2. The van der Waals surface area contributed by atoms with Crippen LogP contribution >= 0.6 is 0 Å². The number of nitrogens with two attached hydrogens (primary N) is 1. The number of terminal acetylenes is 1. The minimum atomic E-state index is 0.322. The second-order valence-corrected chi connectivity index (χ2v) is 6.31. The van der Waals surface area contributed by atoms with E-state index in [4.69, 9.17) is 12.2 Å². The predicted octanol–water partition coefficient (Wildman–Crippen LogP) is 4.03. The number of hydrogen-bond donors (Lipinski definition) is 1. The summed E-state index contributed by atoms with van der Waals surface area (Å²) in [6.07, 6.45) is 11.1. The van der Waals surface area contributed by atoms with Gasteiger partial charge in [0.15, 0.2) is 17.0 Å². The van der Waals surface area contributed by atoms with Crippen molar-refractivity contribution in [2.75, 3.05) is 5.73 Å². The van der Waals surface area contributed by atoms with Gasteiger partial charge in [-0.05, 0) is 12.3 Å². The molecule has 0 fully saturated rings. The molecule has 5 nitrogen and oxygen atoms in total. The first kappa shape index (κ1) is 18.5. The molecule has 2 heterocycles. The average Bonchev–Trinajstić information content (AvgIpc) is 3.05. The van der Waals surface area contributed by atoms with Gasteiger partial charge < -0.3 is 5.73 Å². The van der Waals surface area contributed by atoms with Crippen LogP contribution in [0.5, 0.6) is 0 Å². The van der Waals surface area contributed by atoms with Crippen LogP contribution in [-0.4, -0.2) is 19.5 Å². The van der Waals surface area contributed by atoms with E-state index in [1.807, 2.05) is 34.9 Å². The number of nitrogen functional groups attached to an aromatic ring is 1. The zero-order valence-corrected chi connectivity index (χ0v) is 15.6. The summed E-state index contributed by atoms with van der Waals surface area (Å²) in [5.41, 5.74) is 8.26. The highest BCUT2D eigenvalue weighted by Crippen LogP contribution is 2.26. The molecule has 0 spiro atoms. The maximum absolute atomic E-state index is 6.14. The molecular formula is C22H23N5. The lowest BCUT2D eigenvalue weighted by atomic mass is 10.2. The van der Waals surface area contributed by atoms with Gasteiger partial charge in [-0.1, -0.05) is 68.4 Å². The van der Waals surface area contributed by atoms with Crippen molar-refractivity contribution >= 4 is 17.0 Å². The molecule has 3 aromatic rings. The largest absolute Gasteiger partial charge is 0.382 e. The molecule has 0 radical (unpaired) electrons. The van der Waals surface area contributed by atoms with Gasteiger partial charge in [0.25, 0.3) is 0 Å². The minimum absolute atomic E-state index is 0.322. The Kier molecular flexibility index (Phi) is 6.07. The maximum atomic E-state index is 6.14. The number of benzene rings is 1. The summed E-state index contributed by atoms with van der Waals surface area (Å²) in [4.78, 5) is 13.5. The van der Waals surface area contributed by atoms with E-state index in [0.29, 0.717) is 29.4 Å². The lowest BCUT2D eigenvalue weighted by Gasteiger charge is -2.04. The van der Waals surface area contributed by atoms with E-state index < -0.39 is 0 Å². The Morgan fingerprint density at radius 3 is 2.63 bits per heavy atom. The van der Waals surface area contributed by atoms with Gasteiger partial charge in [-0.25, -0.2) is 15.0 Å². The molecule has 0 amide bonds. The van der Waals surface area contributed by atoms with Gasteiger partial charge in [-0.2, -0.15) is 0 Å². The molecule has 0 atom stereocenters. The van der Waals surface area contributed by atoms with Gasteiger partial charge in [0.2, 0.25) is 5.82 Å². The summed E-state index contributed by atoms with van der Waals surface area (Å²) in [7, 11) is 0. The van der Waals surface area contributed by atoms with Crippen LogP contribution in [0.3, 0.4) is 0 Å². The van der Waals surface area contributed by atoms with Gasteiger partial charge >= 0.3 is 0 Å². The SMILES string of the molecule is C#CCn1c(-c2ccccc2)nc2c(N)nc(C#CCCCCCC)nc21. The van der Waals surface area contributed by atoms with Crippen molar-refractivity contribution in [1.82, 2.24) is 19.5 Å². The van der Waals surface area contributed by atoms with Crippen molar-refractivity contribution in [3.8, 4) is 35.6 Å². The molecule has 0 unspecified atom stereocenters. The van der Waals surface area contributed by atoms with E-state index in [2.05, 4.69) is 39.6 Å². The summed E-state index contributed by atoms with van der Waals surface area (Å²) in [5.74, 6) is 10.3. The number of hydrogen-bond acceptors (Lipinski definition) is 4. The lowest BCUT2D eigenvalue weighted by Crippen LogP contribution is -2.03. The van der Waals surface area contributed by atoms with Crippen LogP contribution in [0.25, 0.3) is 22.6 Å². The van der Waals surface area contributed by atoms with Crippen LogP contribution in [0.15, 0.2) is 30.3 Å². The Hall–Kier alpha value is -3.31. The van der Waals surface area contributed by atoms with Gasteiger partial charge in [0.1, 0.15) is 5.82 Å². The van der Waals surface area contributed by atoms with E-state index in [1.165, 1.54) is 19.3 Å². The van der Waals surface area contributed by atoms with Gasteiger partial charge in [-0.15, -0.1) is 6.42 Å². The van der Waals surface area contributed by atoms with E-state index in [0.717, 1.165) is 24.2 Å². The van der Waals surface area contributed by atoms with Crippen molar-refractivity contribution < 1.29 is 0 Å². The summed E-state index contributed by atoms with van der Waals surface area (Å²) in [6.45, 7) is 2.54. The first-order valence-corrected chi connectivity index (χ1v) is 9.26. The lowest BCUT2D eigenvalue weighted by molar-refractivity contribution is 0.679. The molecule has 2 aromatic heterocycles. The zero-order chi connectivity index (χ0) is 19.1. The summed E-state index contributed by atoms with van der Waals surface area (Å²) in [6, 6.07) is 9.84. The van der Waals surface area contributed by atoms with Crippen LogP contribution < -0.4 is 5.73 Å². The standard InChI is InChI=1S/C22H23N5/c1-3-5-6-7-8-12-15-18-24-20(23)19-22(25-18)27(16-4-2)21(26-19)17-13-10-9-11-14-17/h2,9-11,13-14H,3,5-8,16H2,1H3,(H2,23,24,25). The molecule has 5 heteroatoms. The van der Waals surface area contributed by atoms with E-state index in [1.54, 1.807) is 0 Å². The highest BCUT2D eigenvalue weighted by molar-refractivity contribution is 5.86. The second-order valence-electron chi connectivity index (χ2n) is 6.31. The predicted molar refractivity (Wildman–Crippen MR) is 110 cm³/mol. The molecule has 0 bridgehead atoms. The molecule has 3 rings (SSSR count). The fraction of sp³-hybridized carbons (Fsp3) is 0.318. The molecule has 136 valence electrons. The third-order valence-electron chi connectivity index (χ3n) is 4.26. The number of aromatic nitrogens is 4. The molecule has 0 aliphatic heterocycles. The van der Waals surface area contributed by atoms with Crippen molar-refractivity contribution in [3.05, 3.63) is 36.2 Å². The number of unbranched alkanes of at least 4 members (excludes halogenated alkanes) is 4. The van der Waals surface area contributed by atoms with Crippen LogP contribution in [0.4, 0.5) is 5.82 Å². The summed E-state index contributed by atoms with van der Waals surface area (Å²) >= 11 is 0. The van der Waals surface area contributed by atoms with E-state index in [-0.39, 0.29) is 0 Å². The van der Waals surface area contributed by atoms with Crippen molar-refractivity contribution in [3.63, 3.8) is 0 Å². The number of nitrogens with zero attached hydrogens (tertiary/aromatic N) is 4. The van der Waals surface area contributed by atoms with Crippen LogP contribution in [0, 0.1) is 24.2 Å². The van der Waals surface area contributed by atoms with E-state index in [9.17, 15) is 0 Å². The smallest absolute Gasteiger partial charge is 0.208 e. The number of imidazole rings is 1. The Morgan fingerprint density at radius 1 is 1.07 bits per heavy atom. The van der Waals surface area contributed by atoms with Crippen molar-refractivity contribution in [2.24, 2.45) is 0 Å². The number of fused-ring (bicyclic) bond motifs is 1. The fourth-order valence-corrected chi connectivity index (χ4v) is 2.91. The number of anilines is 1. The first-order chi connectivity index (χ1) is 13.2. The van der Waals surface area contributed by atoms with E-state index >= 15 is 0 Å². The molecular weight excluding hydrogens is 334 g/mol. The Balaban J connectivity index is 1.98. The Morgan fingerprint density at radius 2 is 1.89 bits per heavy atom. The third-order valence-corrected chi connectivity index (χ3v) is 4.26. The Labute approximate surface area is 160 Å². The quantitative estimate of drug-likeness (QED) is 0.534. The molecule has 0 aliphatic carbocycles.